The number of fused-ring (bicyclic) bond motifs is 7. The van der Waals surface area contributed by atoms with Gasteiger partial charge in [-0.05, 0) is 145 Å². The van der Waals surface area contributed by atoms with E-state index in [4.69, 9.17) is 0 Å². The van der Waals surface area contributed by atoms with Crippen LogP contribution < -0.4 is 0 Å². The predicted molar refractivity (Wildman–Crippen MR) is 276 cm³/mol. The van der Waals surface area contributed by atoms with Gasteiger partial charge in [0.05, 0.1) is 0 Å². The molecule has 0 unspecified atom stereocenters. The van der Waals surface area contributed by atoms with Crippen LogP contribution in [0, 0.1) is 0 Å². The molecule has 0 amide bonds. The van der Waals surface area contributed by atoms with Crippen molar-refractivity contribution in [2.45, 2.75) is 19.3 Å². The molecule has 0 atom stereocenters. The number of benzene rings is 11. The van der Waals surface area contributed by atoms with Crippen LogP contribution in [0.4, 0.5) is 0 Å². The van der Waals surface area contributed by atoms with E-state index in [1.165, 1.54) is 133 Å². The summed E-state index contributed by atoms with van der Waals surface area (Å²) in [6.45, 7) is 4.76. The molecule has 0 heteroatoms. The highest BCUT2D eigenvalue weighted by molar-refractivity contribution is 6.18. The van der Waals surface area contributed by atoms with Crippen molar-refractivity contribution in [3.63, 3.8) is 0 Å². The van der Waals surface area contributed by atoms with E-state index in [2.05, 4.69) is 244 Å². The van der Waals surface area contributed by atoms with Crippen LogP contribution in [-0.2, 0) is 5.41 Å². The summed E-state index contributed by atoms with van der Waals surface area (Å²) in [5, 5.41) is 5.24. The summed E-state index contributed by atoms with van der Waals surface area (Å²) in [7, 11) is 0. The molecule has 13 rings (SSSR count). The van der Waals surface area contributed by atoms with Gasteiger partial charge in [0.15, 0.2) is 0 Å². The lowest BCUT2D eigenvalue weighted by atomic mass is 9.80. The van der Waals surface area contributed by atoms with Crippen LogP contribution in [0.15, 0.2) is 231 Å². The Bertz CT molecular complexity index is 3640. The highest BCUT2D eigenvalue weighted by Gasteiger charge is 2.36. The van der Waals surface area contributed by atoms with Crippen molar-refractivity contribution in [1.82, 2.24) is 0 Å². The minimum atomic E-state index is -0.126. The van der Waals surface area contributed by atoms with Crippen molar-refractivity contribution < 1.29 is 0 Å². The van der Waals surface area contributed by atoms with Gasteiger partial charge in [-0.15, -0.1) is 0 Å². The molecule has 11 aromatic rings. The highest BCUT2D eigenvalue weighted by atomic mass is 14.4. The molecule has 2 aliphatic rings. The maximum atomic E-state index is 2.43. The van der Waals surface area contributed by atoms with Gasteiger partial charge in [-0.3, -0.25) is 0 Å². The van der Waals surface area contributed by atoms with E-state index in [1.54, 1.807) is 0 Å². The first kappa shape index (κ1) is 37.5. The van der Waals surface area contributed by atoms with Crippen molar-refractivity contribution in [3.05, 3.63) is 242 Å². The Morgan fingerprint density at radius 3 is 1.09 bits per heavy atom. The Kier molecular flexibility index (Phi) is 8.36. The summed E-state index contributed by atoms with van der Waals surface area (Å²) in [4.78, 5) is 0. The summed E-state index contributed by atoms with van der Waals surface area (Å²) in [5.41, 5.74) is 25.6. The number of rotatable bonds is 6. The lowest BCUT2D eigenvalue weighted by Crippen LogP contribution is -2.15. The maximum Gasteiger partial charge on any atom is 0.0159 e. The topological polar surface area (TPSA) is 0 Å². The first-order chi connectivity index (χ1) is 32.0. The van der Waals surface area contributed by atoms with E-state index in [0.29, 0.717) is 0 Å². The molecule has 0 aliphatic heterocycles. The third-order valence-electron chi connectivity index (χ3n) is 14.5. The van der Waals surface area contributed by atoms with Gasteiger partial charge in [0.1, 0.15) is 0 Å². The Balaban J connectivity index is 0.729. The summed E-state index contributed by atoms with van der Waals surface area (Å²) in [6, 6.07) is 85.7. The number of hydrogen-bond acceptors (Lipinski definition) is 0. The van der Waals surface area contributed by atoms with Gasteiger partial charge >= 0.3 is 0 Å². The third-order valence-corrected chi connectivity index (χ3v) is 14.5. The fourth-order valence-corrected chi connectivity index (χ4v) is 11.0. The average molecular weight is 825 g/mol. The zero-order valence-corrected chi connectivity index (χ0v) is 36.4. The third kappa shape index (κ3) is 5.98. The summed E-state index contributed by atoms with van der Waals surface area (Å²) in [6.07, 6.45) is 0. The van der Waals surface area contributed by atoms with E-state index in [9.17, 15) is 0 Å². The minimum absolute atomic E-state index is 0.126. The standard InChI is InChI=1S/C65H44/c1-65(2)62-39-50(45-21-17-41(18-22-45)43-25-29-48(30-26-43)53-14-7-10-47-9-3-4-11-52(47)53)33-35-57(62)58-36-34-51(40-63(58)65)46-23-19-42(20-24-46)44-27-31-49(32-28-44)54-37-38-61-56-13-6-5-12-55(56)60-16-8-15-59(54)64(60)61/h3-40H,1-2H3. The zero-order chi connectivity index (χ0) is 43.2. The monoisotopic (exact) mass is 824 g/mol. The molecule has 0 saturated carbocycles. The lowest BCUT2D eigenvalue weighted by molar-refractivity contribution is 0.661. The van der Waals surface area contributed by atoms with E-state index >= 15 is 0 Å². The Morgan fingerprint density at radius 1 is 0.231 bits per heavy atom. The molecule has 2 aliphatic carbocycles. The molecule has 0 radical (unpaired) electrons. The van der Waals surface area contributed by atoms with Crippen LogP contribution in [0.3, 0.4) is 0 Å². The van der Waals surface area contributed by atoms with Crippen LogP contribution in [0.5, 0.6) is 0 Å². The molecule has 0 N–H and O–H groups in total. The molecule has 0 spiro atoms. The van der Waals surface area contributed by atoms with Gasteiger partial charge in [0, 0.05) is 5.41 Å². The molecule has 0 bridgehead atoms. The van der Waals surface area contributed by atoms with E-state index in [1.807, 2.05) is 0 Å². The summed E-state index contributed by atoms with van der Waals surface area (Å²) in [5.74, 6) is 0. The Morgan fingerprint density at radius 2 is 0.554 bits per heavy atom. The Labute approximate surface area is 380 Å². The zero-order valence-electron chi connectivity index (χ0n) is 36.4. The first-order valence-electron chi connectivity index (χ1n) is 22.8. The van der Waals surface area contributed by atoms with Gasteiger partial charge in [0.2, 0.25) is 0 Å². The van der Waals surface area contributed by atoms with Crippen molar-refractivity contribution >= 4 is 21.5 Å². The van der Waals surface area contributed by atoms with Crippen LogP contribution in [0.1, 0.15) is 25.0 Å². The van der Waals surface area contributed by atoms with Gasteiger partial charge in [-0.2, -0.15) is 0 Å². The van der Waals surface area contributed by atoms with Crippen molar-refractivity contribution in [3.8, 4) is 100 Å². The van der Waals surface area contributed by atoms with Crippen molar-refractivity contribution in [2.24, 2.45) is 0 Å². The van der Waals surface area contributed by atoms with Gasteiger partial charge in [0.25, 0.3) is 0 Å². The maximum absolute atomic E-state index is 2.43. The normalized spacial score (nSPS) is 12.9. The largest absolute Gasteiger partial charge is 0.0616 e. The molecule has 0 saturated heterocycles. The molecule has 65 heavy (non-hydrogen) atoms. The fourth-order valence-electron chi connectivity index (χ4n) is 11.0. The van der Waals surface area contributed by atoms with Crippen LogP contribution in [0.25, 0.3) is 122 Å². The predicted octanol–water partition coefficient (Wildman–Crippen LogP) is 17.9. The van der Waals surface area contributed by atoms with Gasteiger partial charge in [-0.25, -0.2) is 0 Å². The van der Waals surface area contributed by atoms with Crippen LogP contribution >= 0.6 is 0 Å². The average Bonchev–Trinajstić information content (AvgIpc) is 3.82. The first-order valence-corrected chi connectivity index (χ1v) is 22.8. The van der Waals surface area contributed by atoms with Crippen molar-refractivity contribution in [2.75, 3.05) is 0 Å². The van der Waals surface area contributed by atoms with E-state index in [0.717, 1.165) is 0 Å². The minimum Gasteiger partial charge on any atom is -0.0616 e. The fraction of sp³-hybridized carbons (Fsp3) is 0.0462. The second kappa shape index (κ2) is 14.5. The highest BCUT2D eigenvalue weighted by Crippen LogP contribution is 2.52. The molecule has 11 aromatic carbocycles. The summed E-state index contributed by atoms with van der Waals surface area (Å²) < 4.78 is 0. The lowest BCUT2D eigenvalue weighted by Gasteiger charge is -2.22. The Hall–Kier alpha value is -8.06. The molecule has 0 nitrogen and oxygen atoms in total. The summed E-state index contributed by atoms with van der Waals surface area (Å²) >= 11 is 0. The number of hydrogen-bond donors (Lipinski definition) is 0. The second-order valence-corrected chi connectivity index (χ2v) is 18.4. The second-order valence-electron chi connectivity index (χ2n) is 18.4. The van der Waals surface area contributed by atoms with Crippen LogP contribution in [0.2, 0.25) is 0 Å². The molecule has 304 valence electrons. The molecular formula is C65H44. The van der Waals surface area contributed by atoms with E-state index in [-0.39, 0.29) is 5.41 Å². The smallest absolute Gasteiger partial charge is 0.0159 e. The quantitative estimate of drug-likeness (QED) is 0.157. The van der Waals surface area contributed by atoms with Crippen molar-refractivity contribution in [1.29, 1.82) is 0 Å². The SMILES string of the molecule is CC1(C)c2cc(-c3ccc(-c4ccc(-c5cccc6ccccc56)cc4)cc3)ccc2-c2ccc(-c3ccc(-c4ccc(-c5ccc6c7c(cccc57)-c5ccccc5-6)cc4)cc3)cc21. The molecule has 0 aromatic heterocycles. The van der Waals surface area contributed by atoms with Gasteiger partial charge < -0.3 is 0 Å². The van der Waals surface area contributed by atoms with Gasteiger partial charge in [-0.1, -0.05) is 232 Å². The molecule has 0 heterocycles. The molecule has 0 fully saturated rings. The van der Waals surface area contributed by atoms with E-state index < -0.39 is 0 Å². The molecular weight excluding hydrogens is 781 g/mol. The van der Waals surface area contributed by atoms with Crippen LogP contribution in [-0.4, -0.2) is 0 Å².